The summed E-state index contributed by atoms with van der Waals surface area (Å²) in [4.78, 5) is 29.4. The summed E-state index contributed by atoms with van der Waals surface area (Å²) in [5.74, 6) is 1.73. The van der Waals surface area contributed by atoms with Crippen molar-refractivity contribution in [2.75, 3.05) is 33.0 Å². The Labute approximate surface area is 162 Å². The second-order valence-electron chi connectivity index (χ2n) is 6.75. The molecule has 0 radical (unpaired) electrons. The predicted octanol–water partition coefficient (Wildman–Crippen LogP) is 2.78. The monoisotopic (exact) mass is 386 g/mol. The fourth-order valence-electron chi connectivity index (χ4n) is 3.39. The number of carbonyl (C=O) groups excluding carboxylic acids is 2. The summed E-state index contributed by atoms with van der Waals surface area (Å²) in [7, 11) is 0. The number of rotatable bonds is 6. The lowest BCUT2D eigenvalue weighted by atomic mass is 10.1. The van der Waals surface area contributed by atoms with Crippen LogP contribution in [0.5, 0.6) is 11.5 Å². The summed E-state index contributed by atoms with van der Waals surface area (Å²) in [6.07, 6.45) is 0.579. The van der Waals surface area contributed by atoms with Gasteiger partial charge in [0.15, 0.2) is 17.3 Å². The van der Waals surface area contributed by atoms with Gasteiger partial charge in [0.1, 0.15) is 0 Å². The third-order valence-corrected chi connectivity index (χ3v) is 5.84. The molecule has 1 aromatic heterocycles. The van der Waals surface area contributed by atoms with Crippen LogP contribution in [0.25, 0.3) is 0 Å². The Kier molecular flexibility index (Phi) is 5.40. The summed E-state index contributed by atoms with van der Waals surface area (Å²) in [6, 6.07) is 9.70. The van der Waals surface area contributed by atoms with E-state index >= 15 is 0 Å². The Balaban J connectivity index is 1.22. The molecule has 1 saturated heterocycles. The summed E-state index contributed by atoms with van der Waals surface area (Å²) >= 11 is 1.43. The van der Waals surface area contributed by atoms with E-state index in [1.54, 1.807) is 0 Å². The zero-order valence-corrected chi connectivity index (χ0v) is 15.9. The Morgan fingerprint density at radius 3 is 2.59 bits per heavy atom. The number of piperazine rings is 1. The predicted molar refractivity (Wildman–Crippen MR) is 102 cm³/mol. The molecule has 4 rings (SSSR count). The number of hydrogen-bond donors (Lipinski definition) is 0. The van der Waals surface area contributed by atoms with E-state index in [0.717, 1.165) is 36.0 Å². The van der Waals surface area contributed by atoms with Gasteiger partial charge in [0.2, 0.25) is 12.7 Å². The standard InChI is InChI=1S/C20H22N2O4S/c23-16(19-2-1-11-27-19)4-6-20(24)22-9-7-21(8-10-22)13-15-3-5-17-18(12-15)26-14-25-17/h1-3,5,11-12H,4,6-10,13-14H2. The summed E-state index contributed by atoms with van der Waals surface area (Å²) in [5.41, 5.74) is 1.18. The topological polar surface area (TPSA) is 59.1 Å². The number of benzene rings is 1. The molecule has 142 valence electrons. The van der Waals surface area contributed by atoms with Crippen LogP contribution in [0.4, 0.5) is 0 Å². The maximum absolute atomic E-state index is 12.4. The molecule has 2 aromatic rings. The van der Waals surface area contributed by atoms with Gasteiger partial charge < -0.3 is 14.4 Å². The Hall–Kier alpha value is -2.38. The molecular formula is C20H22N2O4S. The minimum atomic E-state index is 0.0554. The molecule has 0 spiro atoms. The highest BCUT2D eigenvalue weighted by Gasteiger charge is 2.22. The minimum Gasteiger partial charge on any atom is -0.454 e. The number of ketones is 1. The molecule has 0 N–H and O–H groups in total. The van der Waals surface area contributed by atoms with Crippen molar-refractivity contribution in [3.63, 3.8) is 0 Å². The zero-order valence-electron chi connectivity index (χ0n) is 15.1. The van der Waals surface area contributed by atoms with E-state index in [1.807, 2.05) is 34.5 Å². The molecule has 7 heteroatoms. The number of hydrogen-bond acceptors (Lipinski definition) is 6. The molecule has 0 unspecified atom stereocenters. The first-order valence-electron chi connectivity index (χ1n) is 9.14. The van der Waals surface area contributed by atoms with Crippen molar-refractivity contribution >= 4 is 23.0 Å². The van der Waals surface area contributed by atoms with Crippen molar-refractivity contribution in [3.05, 3.63) is 46.2 Å². The quantitative estimate of drug-likeness (QED) is 0.715. The second kappa shape index (κ2) is 8.10. The van der Waals surface area contributed by atoms with E-state index in [9.17, 15) is 9.59 Å². The molecule has 2 aliphatic heterocycles. The average Bonchev–Trinajstić information content (AvgIpc) is 3.38. The Morgan fingerprint density at radius 2 is 1.81 bits per heavy atom. The molecule has 0 atom stereocenters. The fraction of sp³-hybridized carbons (Fsp3) is 0.400. The smallest absolute Gasteiger partial charge is 0.231 e. The van der Waals surface area contributed by atoms with Crippen molar-refractivity contribution in [1.82, 2.24) is 9.80 Å². The van der Waals surface area contributed by atoms with Gasteiger partial charge in [0, 0.05) is 45.6 Å². The molecule has 0 bridgehead atoms. The third-order valence-electron chi connectivity index (χ3n) is 4.93. The van der Waals surface area contributed by atoms with Crippen LogP contribution in [0, 0.1) is 0 Å². The van der Waals surface area contributed by atoms with Crippen molar-refractivity contribution in [3.8, 4) is 11.5 Å². The molecule has 27 heavy (non-hydrogen) atoms. The van der Waals surface area contributed by atoms with E-state index in [2.05, 4.69) is 11.0 Å². The first-order valence-corrected chi connectivity index (χ1v) is 10.0. The molecule has 0 aliphatic carbocycles. The van der Waals surface area contributed by atoms with Crippen LogP contribution >= 0.6 is 11.3 Å². The third kappa shape index (κ3) is 4.31. The SMILES string of the molecule is O=C(CCC(=O)N1CCN(Cc2ccc3c(c2)OCO3)CC1)c1cccs1. The number of carbonyl (C=O) groups is 2. The maximum Gasteiger partial charge on any atom is 0.231 e. The second-order valence-corrected chi connectivity index (χ2v) is 7.69. The number of amides is 1. The summed E-state index contributed by atoms with van der Waals surface area (Å²) in [5, 5.41) is 1.88. The van der Waals surface area contributed by atoms with Crippen molar-refractivity contribution in [2.45, 2.75) is 19.4 Å². The van der Waals surface area contributed by atoms with Gasteiger partial charge in [-0.3, -0.25) is 14.5 Å². The van der Waals surface area contributed by atoms with Gasteiger partial charge in [-0.15, -0.1) is 11.3 Å². The number of thiophene rings is 1. The molecule has 3 heterocycles. The normalized spacial score (nSPS) is 16.5. The van der Waals surface area contributed by atoms with Crippen molar-refractivity contribution < 1.29 is 19.1 Å². The lowest BCUT2D eigenvalue weighted by molar-refractivity contribution is -0.132. The largest absolute Gasteiger partial charge is 0.454 e. The average molecular weight is 386 g/mol. The highest BCUT2D eigenvalue weighted by atomic mass is 32.1. The van der Waals surface area contributed by atoms with Crippen LogP contribution < -0.4 is 9.47 Å². The van der Waals surface area contributed by atoms with Crippen molar-refractivity contribution in [2.24, 2.45) is 0 Å². The van der Waals surface area contributed by atoms with Crippen LogP contribution in [0.3, 0.4) is 0 Å². The van der Waals surface area contributed by atoms with Gasteiger partial charge in [0.25, 0.3) is 0 Å². The fourth-order valence-corrected chi connectivity index (χ4v) is 4.09. The number of Topliss-reactive ketones (excluding diaryl/α,β-unsaturated/α-hetero) is 1. The molecule has 1 aromatic carbocycles. The first-order chi connectivity index (χ1) is 13.2. The van der Waals surface area contributed by atoms with Crippen LogP contribution in [0.15, 0.2) is 35.7 Å². The Morgan fingerprint density at radius 1 is 1.00 bits per heavy atom. The highest BCUT2D eigenvalue weighted by Crippen LogP contribution is 2.32. The Bertz CT molecular complexity index is 813. The van der Waals surface area contributed by atoms with Crippen LogP contribution in [-0.4, -0.2) is 54.5 Å². The van der Waals surface area contributed by atoms with E-state index in [0.29, 0.717) is 19.5 Å². The lowest BCUT2D eigenvalue weighted by Gasteiger charge is -2.34. The highest BCUT2D eigenvalue weighted by molar-refractivity contribution is 7.12. The number of nitrogens with zero attached hydrogens (tertiary/aromatic N) is 2. The molecule has 6 nitrogen and oxygen atoms in total. The maximum atomic E-state index is 12.4. The van der Waals surface area contributed by atoms with Gasteiger partial charge in [-0.05, 0) is 29.1 Å². The molecule has 1 fully saturated rings. The molecule has 0 saturated carbocycles. The van der Waals surface area contributed by atoms with Crippen molar-refractivity contribution in [1.29, 1.82) is 0 Å². The number of ether oxygens (including phenoxy) is 2. The summed E-state index contributed by atoms with van der Waals surface area (Å²) in [6.45, 7) is 4.19. The first kappa shape index (κ1) is 18.0. The van der Waals surface area contributed by atoms with Gasteiger partial charge in [-0.25, -0.2) is 0 Å². The lowest BCUT2D eigenvalue weighted by Crippen LogP contribution is -2.48. The van der Waals surface area contributed by atoms with Gasteiger partial charge in [0.05, 0.1) is 4.88 Å². The molecular weight excluding hydrogens is 364 g/mol. The van der Waals surface area contributed by atoms with E-state index in [-0.39, 0.29) is 24.9 Å². The van der Waals surface area contributed by atoms with Crippen LogP contribution in [-0.2, 0) is 11.3 Å². The molecule has 1 amide bonds. The van der Waals surface area contributed by atoms with Crippen LogP contribution in [0.1, 0.15) is 28.1 Å². The summed E-state index contributed by atoms with van der Waals surface area (Å²) < 4.78 is 10.8. The van der Waals surface area contributed by atoms with Gasteiger partial charge in [-0.1, -0.05) is 12.1 Å². The van der Waals surface area contributed by atoms with E-state index in [4.69, 9.17) is 9.47 Å². The molecule has 2 aliphatic rings. The van der Waals surface area contributed by atoms with E-state index < -0.39 is 0 Å². The zero-order chi connectivity index (χ0) is 18.6. The van der Waals surface area contributed by atoms with Gasteiger partial charge >= 0.3 is 0 Å². The number of fused-ring (bicyclic) bond motifs is 1. The van der Waals surface area contributed by atoms with Crippen LogP contribution in [0.2, 0.25) is 0 Å². The van der Waals surface area contributed by atoms with E-state index in [1.165, 1.54) is 16.9 Å². The van der Waals surface area contributed by atoms with Gasteiger partial charge in [-0.2, -0.15) is 0 Å². The minimum absolute atomic E-state index is 0.0554.